The summed E-state index contributed by atoms with van der Waals surface area (Å²) in [5.41, 5.74) is 12.0. The van der Waals surface area contributed by atoms with Gasteiger partial charge in [0.15, 0.2) is 0 Å². The van der Waals surface area contributed by atoms with E-state index in [9.17, 15) is 29.4 Å². The maximum Gasteiger partial charge on any atom is 0.326 e. The number of amides is 3. The van der Waals surface area contributed by atoms with Gasteiger partial charge < -0.3 is 37.6 Å². The van der Waals surface area contributed by atoms with E-state index in [4.69, 9.17) is 11.5 Å². The Bertz CT molecular complexity index is 849. The van der Waals surface area contributed by atoms with Crippen molar-refractivity contribution in [2.45, 2.75) is 83.1 Å². The number of nitrogens with two attached hydrogens (primary N) is 2. The normalized spacial score (nSPS) is 15.3. The zero-order chi connectivity index (χ0) is 27.3. The summed E-state index contributed by atoms with van der Waals surface area (Å²) in [6.45, 7) is 5.52. The summed E-state index contributed by atoms with van der Waals surface area (Å²) >= 11 is 0. The molecule has 11 nitrogen and oxygen atoms in total. The van der Waals surface area contributed by atoms with Crippen molar-refractivity contribution in [2.24, 2.45) is 17.4 Å². The first kappa shape index (κ1) is 31.0. The zero-order valence-electron chi connectivity index (χ0n) is 21.3. The molecule has 0 radical (unpaired) electrons. The third-order valence-corrected chi connectivity index (χ3v) is 5.64. The molecule has 1 aromatic rings. The molecule has 11 heteroatoms. The van der Waals surface area contributed by atoms with Crippen molar-refractivity contribution in [2.75, 3.05) is 6.54 Å². The van der Waals surface area contributed by atoms with E-state index in [1.54, 1.807) is 24.3 Å². The van der Waals surface area contributed by atoms with Crippen LogP contribution in [-0.2, 0) is 25.6 Å². The van der Waals surface area contributed by atoms with Gasteiger partial charge in [-0.1, -0.05) is 44.2 Å². The van der Waals surface area contributed by atoms with Crippen LogP contribution < -0.4 is 27.4 Å². The van der Waals surface area contributed by atoms with Crippen molar-refractivity contribution in [3.63, 3.8) is 0 Å². The number of carboxylic acids is 1. The molecular weight excluding hydrogens is 466 g/mol. The third-order valence-electron chi connectivity index (χ3n) is 5.64. The van der Waals surface area contributed by atoms with E-state index >= 15 is 0 Å². The monoisotopic (exact) mass is 507 g/mol. The maximum absolute atomic E-state index is 13.3. The molecule has 1 rings (SSSR count). The summed E-state index contributed by atoms with van der Waals surface area (Å²) in [5, 5.41) is 26.9. The van der Waals surface area contributed by atoms with Gasteiger partial charge in [0.2, 0.25) is 17.7 Å². The number of hydrogen-bond acceptors (Lipinski definition) is 7. The SMILES string of the molecule is CC(C)C[C@H](NC(=O)[C@H](Cc1ccccc1)NC(=O)[C@@H](N)[C@@H](C)O)C(=O)N[C@@H](CCCCN)C(=O)O. The van der Waals surface area contributed by atoms with E-state index in [2.05, 4.69) is 16.0 Å². The van der Waals surface area contributed by atoms with E-state index in [1.807, 2.05) is 19.9 Å². The van der Waals surface area contributed by atoms with Crippen LogP contribution in [0.2, 0.25) is 0 Å². The van der Waals surface area contributed by atoms with Gasteiger partial charge in [0, 0.05) is 6.42 Å². The Hall–Kier alpha value is -3.02. The van der Waals surface area contributed by atoms with Crippen molar-refractivity contribution in [1.82, 2.24) is 16.0 Å². The van der Waals surface area contributed by atoms with Crippen molar-refractivity contribution >= 4 is 23.7 Å². The van der Waals surface area contributed by atoms with Gasteiger partial charge in [-0.05, 0) is 50.6 Å². The lowest BCUT2D eigenvalue weighted by atomic mass is 10.00. The van der Waals surface area contributed by atoms with Gasteiger partial charge in [-0.25, -0.2) is 4.79 Å². The van der Waals surface area contributed by atoms with Gasteiger partial charge in [-0.15, -0.1) is 0 Å². The molecule has 0 aromatic heterocycles. The predicted octanol–water partition coefficient (Wildman–Crippen LogP) is -0.349. The van der Waals surface area contributed by atoms with Crippen LogP contribution in [0.3, 0.4) is 0 Å². The molecular formula is C25H41N5O6. The molecule has 0 bridgehead atoms. The highest BCUT2D eigenvalue weighted by molar-refractivity contribution is 5.94. The number of unbranched alkanes of at least 4 members (excludes halogenated alkanes) is 1. The lowest BCUT2D eigenvalue weighted by molar-refractivity contribution is -0.142. The van der Waals surface area contributed by atoms with Crippen molar-refractivity contribution in [3.8, 4) is 0 Å². The lowest BCUT2D eigenvalue weighted by Gasteiger charge is -2.26. The van der Waals surface area contributed by atoms with Gasteiger partial charge in [-0.3, -0.25) is 14.4 Å². The molecule has 0 saturated heterocycles. The Morgan fingerprint density at radius 2 is 1.42 bits per heavy atom. The molecule has 0 spiro atoms. The molecule has 5 atom stereocenters. The number of carbonyl (C=O) groups is 4. The number of aliphatic hydroxyl groups is 1. The minimum Gasteiger partial charge on any atom is -0.480 e. The molecule has 3 amide bonds. The fourth-order valence-electron chi connectivity index (χ4n) is 3.54. The second-order valence-corrected chi connectivity index (χ2v) is 9.39. The van der Waals surface area contributed by atoms with Crippen LogP contribution in [0.4, 0.5) is 0 Å². The Morgan fingerprint density at radius 3 is 1.94 bits per heavy atom. The number of aliphatic carboxylic acids is 1. The van der Waals surface area contributed by atoms with Crippen LogP contribution in [0.15, 0.2) is 30.3 Å². The molecule has 0 fully saturated rings. The number of benzene rings is 1. The van der Waals surface area contributed by atoms with Crippen LogP contribution in [0.1, 0.15) is 52.0 Å². The van der Waals surface area contributed by atoms with E-state index in [1.165, 1.54) is 6.92 Å². The maximum atomic E-state index is 13.3. The number of carboxylic acid groups (broad SMARTS) is 1. The summed E-state index contributed by atoms with van der Waals surface area (Å²) in [6, 6.07) is 4.53. The van der Waals surface area contributed by atoms with E-state index in [0.717, 1.165) is 5.56 Å². The molecule has 0 aliphatic carbocycles. The Morgan fingerprint density at radius 1 is 0.861 bits per heavy atom. The summed E-state index contributed by atoms with van der Waals surface area (Å²) < 4.78 is 0. The second-order valence-electron chi connectivity index (χ2n) is 9.39. The lowest BCUT2D eigenvalue weighted by Crippen LogP contribution is -2.58. The van der Waals surface area contributed by atoms with Crippen molar-refractivity contribution in [1.29, 1.82) is 0 Å². The molecule has 202 valence electrons. The number of hydrogen-bond donors (Lipinski definition) is 7. The number of nitrogens with one attached hydrogen (secondary N) is 3. The summed E-state index contributed by atoms with van der Waals surface area (Å²) in [4.78, 5) is 50.4. The van der Waals surface area contributed by atoms with E-state index in [-0.39, 0.29) is 25.2 Å². The van der Waals surface area contributed by atoms with Crippen LogP contribution in [0.25, 0.3) is 0 Å². The Balaban J connectivity index is 3.06. The van der Waals surface area contributed by atoms with Crippen LogP contribution in [0.5, 0.6) is 0 Å². The zero-order valence-corrected chi connectivity index (χ0v) is 21.3. The van der Waals surface area contributed by atoms with E-state index < -0.39 is 54.0 Å². The van der Waals surface area contributed by atoms with Gasteiger partial charge in [0.1, 0.15) is 24.2 Å². The third kappa shape index (κ3) is 11.1. The van der Waals surface area contributed by atoms with Crippen LogP contribution >= 0.6 is 0 Å². The first-order valence-corrected chi connectivity index (χ1v) is 12.3. The minimum atomic E-state index is -1.24. The largest absolute Gasteiger partial charge is 0.480 e. The van der Waals surface area contributed by atoms with Gasteiger partial charge in [0.05, 0.1) is 6.10 Å². The molecule has 1 aromatic carbocycles. The number of carbonyl (C=O) groups excluding carboxylic acids is 3. The molecule has 9 N–H and O–H groups in total. The van der Waals surface area contributed by atoms with E-state index in [0.29, 0.717) is 19.4 Å². The first-order chi connectivity index (χ1) is 17.0. The fourth-order valence-corrected chi connectivity index (χ4v) is 3.54. The predicted molar refractivity (Wildman–Crippen MR) is 136 cm³/mol. The fraction of sp³-hybridized carbons (Fsp3) is 0.600. The standard InChI is InChI=1S/C25H41N5O6/c1-15(2)13-19(22(32)28-18(25(35)36)11-7-8-12-26)29-23(33)20(14-17-9-5-4-6-10-17)30-24(34)21(27)16(3)31/h4-6,9-10,15-16,18-21,31H,7-8,11-14,26-27H2,1-3H3,(H,28,32)(H,29,33)(H,30,34)(H,35,36)/t16-,18+,19+,20+,21+/m1/s1. The Labute approximate surface area is 212 Å². The van der Waals surface area contributed by atoms with Gasteiger partial charge >= 0.3 is 5.97 Å². The minimum absolute atomic E-state index is 0.00685. The summed E-state index contributed by atoms with van der Waals surface area (Å²) in [5.74, 6) is -3.12. The second kappa shape index (κ2) is 15.9. The molecule has 0 heterocycles. The highest BCUT2D eigenvalue weighted by Crippen LogP contribution is 2.10. The smallest absolute Gasteiger partial charge is 0.326 e. The van der Waals surface area contributed by atoms with Crippen LogP contribution in [-0.4, -0.2) is 70.7 Å². The average molecular weight is 508 g/mol. The number of aliphatic hydroxyl groups excluding tert-OH is 1. The molecule has 36 heavy (non-hydrogen) atoms. The highest BCUT2D eigenvalue weighted by Gasteiger charge is 2.31. The highest BCUT2D eigenvalue weighted by atomic mass is 16.4. The molecule has 0 aliphatic heterocycles. The average Bonchev–Trinajstić information content (AvgIpc) is 2.82. The Kier molecular flexibility index (Phi) is 13.7. The summed E-state index contributed by atoms with van der Waals surface area (Å²) in [7, 11) is 0. The van der Waals surface area contributed by atoms with Gasteiger partial charge in [0.25, 0.3) is 0 Å². The molecule has 0 aliphatic rings. The number of rotatable bonds is 16. The van der Waals surface area contributed by atoms with Gasteiger partial charge in [-0.2, -0.15) is 0 Å². The van der Waals surface area contributed by atoms with Crippen molar-refractivity contribution in [3.05, 3.63) is 35.9 Å². The van der Waals surface area contributed by atoms with Crippen molar-refractivity contribution < 1.29 is 29.4 Å². The molecule has 0 saturated carbocycles. The topological polar surface area (TPSA) is 197 Å². The quantitative estimate of drug-likeness (QED) is 0.147. The first-order valence-electron chi connectivity index (χ1n) is 12.3. The molecule has 0 unspecified atom stereocenters. The van der Waals surface area contributed by atoms with Crippen LogP contribution in [0, 0.1) is 5.92 Å². The summed E-state index contributed by atoms with van der Waals surface area (Å²) in [6.07, 6.45) is 0.622.